The lowest BCUT2D eigenvalue weighted by Crippen LogP contribution is -2.16. The number of nitrogens with one attached hydrogen (secondary N) is 1. The van der Waals surface area contributed by atoms with Crippen molar-refractivity contribution in [3.63, 3.8) is 0 Å². The van der Waals surface area contributed by atoms with Crippen molar-refractivity contribution in [1.82, 2.24) is 4.98 Å². The highest BCUT2D eigenvalue weighted by Gasteiger charge is 2.17. The molecule has 3 N–H and O–H groups in total. The average Bonchev–Trinajstić information content (AvgIpc) is 2.34. The van der Waals surface area contributed by atoms with Crippen molar-refractivity contribution in [2.75, 3.05) is 24.2 Å². The summed E-state index contributed by atoms with van der Waals surface area (Å²) in [5.41, 5.74) is 6.46. The van der Waals surface area contributed by atoms with Crippen LogP contribution in [0.2, 0.25) is 0 Å². The number of esters is 1. The van der Waals surface area contributed by atoms with Crippen LogP contribution in [-0.4, -0.2) is 24.1 Å². The monoisotopic (exact) mass is 263 g/mol. The molecule has 0 radical (unpaired) electrons. The summed E-state index contributed by atoms with van der Waals surface area (Å²) in [6.07, 6.45) is 6.69. The minimum Gasteiger partial charge on any atom is -0.462 e. The zero-order valence-corrected chi connectivity index (χ0v) is 11.3. The van der Waals surface area contributed by atoms with Crippen molar-refractivity contribution in [2.24, 2.45) is 5.92 Å². The van der Waals surface area contributed by atoms with Gasteiger partial charge in [-0.1, -0.05) is 19.3 Å². The molecule has 5 nitrogen and oxygen atoms in total. The molecule has 0 aromatic carbocycles. The summed E-state index contributed by atoms with van der Waals surface area (Å²) in [7, 11) is 0. The van der Waals surface area contributed by atoms with Crippen molar-refractivity contribution in [3.8, 4) is 0 Å². The maximum atomic E-state index is 11.7. The third-order valence-corrected chi connectivity index (χ3v) is 3.51. The van der Waals surface area contributed by atoms with Crippen molar-refractivity contribution in [2.45, 2.75) is 32.6 Å². The Labute approximate surface area is 113 Å². The fourth-order valence-corrected chi connectivity index (χ4v) is 2.13. The van der Waals surface area contributed by atoms with E-state index in [0.717, 1.165) is 18.9 Å². The van der Waals surface area contributed by atoms with Gasteiger partial charge in [0, 0.05) is 6.54 Å². The standard InChI is InChI=1S/C14H21N3O2/c1-2-19-14(18)11-8-13(17-9-12(11)15)16-7-6-10-4-3-5-10/h8-10H,2-7,15H2,1H3,(H,16,17). The first-order chi connectivity index (χ1) is 9.20. The second-order valence-corrected chi connectivity index (χ2v) is 4.89. The first kappa shape index (κ1) is 13.6. The first-order valence-corrected chi connectivity index (χ1v) is 6.87. The van der Waals surface area contributed by atoms with Crippen molar-refractivity contribution in [1.29, 1.82) is 0 Å². The van der Waals surface area contributed by atoms with Gasteiger partial charge in [0.1, 0.15) is 5.82 Å². The molecule has 0 spiro atoms. The number of aromatic nitrogens is 1. The predicted molar refractivity (Wildman–Crippen MR) is 75.1 cm³/mol. The number of hydrogen-bond donors (Lipinski definition) is 2. The van der Waals surface area contributed by atoms with E-state index >= 15 is 0 Å². The highest BCUT2D eigenvalue weighted by molar-refractivity contribution is 5.95. The minimum atomic E-state index is -0.399. The van der Waals surface area contributed by atoms with Crippen LogP contribution in [0.3, 0.4) is 0 Å². The molecule has 1 aromatic rings. The Hall–Kier alpha value is -1.78. The Bertz CT molecular complexity index is 444. The SMILES string of the molecule is CCOC(=O)c1cc(NCCC2CCC2)ncc1N. The van der Waals surface area contributed by atoms with Gasteiger partial charge in [-0.05, 0) is 25.3 Å². The summed E-state index contributed by atoms with van der Waals surface area (Å²) in [6, 6.07) is 1.66. The Morgan fingerprint density at radius 3 is 3.00 bits per heavy atom. The summed E-state index contributed by atoms with van der Waals surface area (Å²) in [5, 5.41) is 3.23. The van der Waals surface area contributed by atoms with E-state index in [2.05, 4.69) is 10.3 Å². The number of anilines is 2. The predicted octanol–water partition coefficient (Wildman–Crippen LogP) is 2.44. The molecule has 1 aliphatic rings. The maximum absolute atomic E-state index is 11.7. The van der Waals surface area contributed by atoms with Crippen molar-refractivity contribution < 1.29 is 9.53 Å². The van der Waals surface area contributed by atoms with Gasteiger partial charge in [-0.2, -0.15) is 0 Å². The van der Waals surface area contributed by atoms with E-state index in [0.29, 0.717) is 23.7 Å². The van der Waals surface area contributed by atoms with E-state index in [1.165, 1.54) is 25.5 Å². The van der Waals surface area contributed by atoms with Crippen LogP contribution in [0, 0.1) is 5.92 Å². The zero-order chi connectivity index (χ0) is 13.7. The van der Waals surface area contributed by atoms with Crippen LogP contribution in [-0.2, 0) is 4.74 Å². The fourth-order valence-electron chi connectivity index (χ4n) is 2.13. The van der Waals surface area contributed by atoms with E-state index in [4.69, 9.17) is 10.5 Å². The molecule has 0 unspecified atom stereocenters. The number of nitrogen functional groups attached to an aromatic ring is 1. The molecule has 0 atom stereocenters. The minimum absolute atomic E-state index is 0.338. The van der Waals surface area contributed by atoms with Crippen LogP contribution in [0.5, 0.6) is 0 Å². The lowest BCUT2D eigenvalue weighted by Gasteiger charge is -2.25. The third kappa shape index (κ3) is 3.59. The number of carbonyl (C=O) groups excluding carboxylic acids is 1. The molecule has 2 rings (SSSR count). The van der Waals surface area contributed by atoms with Crippen LogP contribution in [0.15, 0.2) is 12.3 Å². The summed E-state index contributed by atoms with van der Waals surface area (Å²) < 4.78 is 4.96. The number of hydrogen-bond acceptors (Lipinski definition) is 5. The Morgan fingerprint density at radius 1 is 1.58 bits per heavy atom. The quantitative estimate of drug-likeness (QED) is 0.771. The van der Waals surface area contributed by atoms with Crippen LogP contribution < -0.4 is 11.1 Å². The lowest BCUT2D eigenvalue weighted by molar-refractivity contribution is 0.0527. The van der Waals surface area contributed by atoms with Gasteiger partial charge in [0.05, 0.1) is 24.1 Å². The number of rotatable bonds is 6. The van der Waals surface area contributed by atoms with E-state index in [1.807, 2.05) is 0 Å². The Balaban J connectivity index is 1.92. The third-order valence-electron chi connectivity index (χ3n) is 3.51. The molecule has 1 heterocycles. The van der Waals surface area contributed by atoms with Crippen LogP contribution in [0.25, 0.3) is 0 Å². The van der Waals surface area contributed by atoms with Crippen molar-refractivity contribution >= 4 is 17.5 Å². The molecule has 0 bridgehead atoms. The molecule has 1 aliphatic carbocycles. The van der Waals surface area contributed by atoms with Crippen LogP contribution in [0.1, 0.15) is 43.0 Å². The summed E-state index contributed by atoms with van der Waals surface area (Å²) in [4.78, 5) is 15.9. The van der Waals surface area contributed by atoms with Gasteiger partial charge in [0.25, 0.3) is 0 Å². The van der Waals surface area contributed by atoms with E-state index < -0.39 is 5.97 Å². The highest BCUT2D eigenvalue weighted by Crippen LogP contribution is 2.29. The van der Waals surface area contributed by atoms with Gasteiger partial charge in [-0.15, -0.1) is 0 Å². The van der Waals surface area contributed by atoms with Crippen LogP contribution >= 0.6 is 0 Å². The molecule has 1 aromatic heterocycles. The second kappa shape index (κ2) is 6.41. The van der Waals surface area contributed by atoms with Gasteiger partial charge in [-0.3, -0.25) is 0 Å². The molecule has 0 saturated heterocycles. The summed E-state index contributed by atoms with van der Waals surface area (Å²) in [6.45, 7) is 2.99. The first-order valence-electron chi connectivity index (χ1n) is 6.87. The topological polar surface area (TPSA) is 77.2 Å². The molecular weight excluding hydrogens is 242 g/mol. The molecule has 1 saturated carbocycles. The normalized spacial score (nSPS) is 14.8. The van der Waals surface area contributed by atoms with E-state index in [1.54, 1.807) is 13.0 Å². The summed E-state index contributed by atoms with van der Waals surface area (Å²) >= 11 is 0. The zero-order valence-electron chi connectivity index (χ0n) is 11.3. The number of carbonyl (C=O) groups is 1. The Kier molecular flexibility index (Phi) is 4.60. The summed E-state index contributed by atoms with van der Waals surface area (Å²) in [5.74, 6) is 1.13. The molecule has 0 aliphatic heterocycles. The molecule has 104 valence electrons. The van der Waals surface area contributed by atoms with Gasteiger partial charge >= 0.3 is 5.97 Å². The number of pyridine rings is 1. The maximum Gasteiger partial charge on any atom is 0.340 e. The molecule has 1 fully saturated rings. The van der Waals surface area contributed by atoms with E-state index in [9.17, 15) is 4.79 Å². The molecule has 0 amide bonds. The van der Waals surface area contributed by atoms with Gasteiger partial charge < -0.3 is 15.8 Å². The largest absolute Gasteiger partial charge is 0.462 e. The number of nitrogens with zero attached hydrogens (tertiary/aromatic N) is 1. The molecular formula is C14H21N3O2. The van der Waals surface area contributed by atoms with Gasteiger partial charge in [-0.25, -0.2) is 9.78 Å². The average molecular weight is 263 g/mol. The number of ether oxygens (including phenoxy) is 1. The second-order valence-electron chi connectivity index (χ2n) is 4.89. The fraction of sp³-hybridized carbons (Fsp3) is 0.571. The molecule has 5 heteroatoms. The lowest BCUT2D eigenvalue weighted by atomic mass is 9.83. The Morgan fingerprint density at radius 2 is 2.37 bits per heavy atom. The van der Waals surface area contributed by atoms with Gasteiger partial charge in [0.2, 0.25) is 0 Å². The highest BCUT2D eigenvalue weighted by atomic mass is 16.5. The van der Waals surface area contributed by atoms with Gasteiger partial charge in [0.15, 0.2) is 0 Å². The van der Waals surface area contributed by atoms with E-state index in [-0.39, 0.29) is 0 Å². The molecule has 19 heavy (non-hydrogen) atoms. The smallest absolute Gasteiger partial charge is 0.340 e. The van der Waals surface area contributed by atoms with Crippen LogP contribution in [0.4, 0.5) is 11.5 Å². The van der Waals surface area contributed by atoms with Crippen molar-refractivity contribution in [3.05, 3.63) is 17.8 Å². The number of nitrogens with two attached hydrogens (primary N) is 1.